The van der Waals surface area contributed by atoms with Gasteiger partial charge in [0.1, 0.15) is 0 Å². The molecule has 0 unspecified atom stereocenters. The third kappa shape index (κ3) is 3.71. The number of carbonyl (C=O) groups is 2. The summed E-state index contributed by atoms with van der Waals surface area (Å²) in [7, 11) is 0. The van der Waals surface area contributed by atoms with E-state index in [2.05, 4.69) is 10.3 Å². The number of aliphatic carboxylic acids is 1. The molecule has 5 heteroatoms. The van der Waals surface area contributed by atoms with E-state index >= 15 is 0 Å². The zero-order chi connectivity index (χ0) is 12.8. The van der Waals surface area contributed by atoms with E-state index in [1.54, 1.807) is 24.5 Å². The average Bonchev–Trinajstić information content (AvgIpc) is 2.35. The van der Waals surface area contributed by atoms with Gasteiger partial charge in [-0.1, -0.05) is 0 Å². The second-order valence-corrected chi connectivity index (χ2v) is 3.59. The summed E-state index contributed by atoms with van der Waals surface area (Å²) in [5.41, 5.74) is 1.18. The average molecular weight is 234 g/mol. The highest BCUT2D eigenvalue weighted by Gasteiger charge is 2.11. The zero-order valence-electron chi connectivity index (χ0n) is 9.73. The molecule has 0 atom stereocenters. The first-order chi connectivity index (χ1) is 8.02. The first-order valence-corrected chi connectivity index (χ1v) is 5.10. The van der Waals surface area contributed by atoms with Gasteiger partial charge in [0.25, 0.3) is 0 Å². The van der Waals surface area contributed by atoms with Gasteiger partial charge in [-0.3, -0.25) is 9.78 Å². The van der Waals surface area contributed by atoms with E-state index in [9.17, 15) is 9.59 Å². The molecule has 0 spiro atoms. The van der Waals surface area contributed by atoms with Crippen molar-refractivity contribution < 1.29 is 14.7 Å². The smallest absolute Gasteiger partial charge is 0.331 e. The number of nitrogens with zero attached hydrogens (tertiary/aromatic N) is 1. The van der Waals surface area contributed by atoms with Gasteiger partial charge in [-0.15, -0.1) is 0 Å². The van der Waals surface area contributed by atoms with Crippen LogP contribution in [0.3, 0.4) is 0 Å². The fraction of sp³-hybridized carbons (Fsp3) is 0.250. The van der Waals surface area contributed by atoms with Gasteiger partial charge in [0.15, 0.2) is 0 Å². The molecule has 0 radical (unpaired) electrons. The van der Waals surface area contributed by atoms with Crippen molar-refractivity contribution in [1.29, 1.82) is 0 Å². The highest BCUT2D eigenvalue weighted by molar-refractivity contribution is 6.01. The van der Waals surface area contributed by atoms with Gasteiger partial charge in [0.05, 0.1) is 0 Å². The molecular formula is C12H14N2O3. The largest absolute Gasteiger partial charge is 0.478 e. The summed E-state index contributed by atoms with van der Waals surface area (Å²) in [4.78, 5) is 26.1. The molecule has 1 aromatic rings. The van der Waals surface area contributed by atoms with E-state index in [4.69, 9.17) is 5.11 Å². The van der Waals surface area contributed by atoms with Gasteiger partial charge in [-0.2, -0.15) is 0 Å². The number of pyridine rings is 1. The van der Waals surface area contributed by atoms with Crippen LogP contribution in [0.25, 0.3) is 0 Å². The Labute approximate surface area is 99.2 Å². The highest BCUT2D eigenvalue weighted by atomic mass is 16.4. The molecule has 0 saturated carbocycles. The fourth-order valence-electron chi connectivity index (χ4n) is 1.15. The monoisotopic (exact) mass is 234 g/mol. The molecule has 0 aliphatic carbocycles. The minimum Gasteiger partial charge on any atom is -0.478 e. The van der Waals surface area contributed by atoms with Crippen LogP contribution in [0, 0.1) is 0 Å². The Morgan fingerprint density at radius 2 is 1.82 bits per heavy atom. The number of carboxylic acids is 1. The Morgan fingerprint density at radius 3 is 2.35 bits per heavy atom. The van der Waals surface area contributed by atoms with Crippen molar-refractivity contribution >= 4 is 11.9 Å². The summed E-state index contributed by atoms with van der Waals surface area (Å²) in [6.07, 6.45) is 3.26. The second kappa shape index (κ2) is 5.79. The van der Waals surface area contributed by atoms with Crippen molar-refractivity contribution in [3.8, 4) is 0 Å². The lowest BCUT2D eigenvalue weighted by Crippen LogP contribution is -2.25. The summed E-state index contributed by atoms with van der Waals surface area (Å²) >= 11 is 0. The number of carbonyl (C=O) groups excluding carboxylic acids is 1. The Morgan fingerprint density at radius 1 is 1.24 bits per heavy atom. The lowest BCUT2D eigenvalue weighted by atomic mass is 10.1. The zero-order valence-corrected chi connectivity index (χ0v) is 9.73. The summed E-state index contributed by atoms with van der Waals surface area (Å²) in [5, 5.41) is 11.4. The summed E-state index contributed by atoms with van der Waals surface area (Å²) in [6.45, 7) is 3.25. The predicted octanol–water partition coefficient (Wildman–Crippen LogP) is 1.12. The van der Waals surface area contributed by atoms with Crippen LogP contribution in [0.2, 0.25) is 0 Å². The predicted molar refractivity (Wildman–Crippen MR) is 62.1 cm³/mol. The highest BCUT2D eigenvalue weighted by Crippen LogP contribution is 2.04. The third-order valence-electron chi connectivity index (χ3n) is 2.43. The van der Waals surface area contributed by atoms with Crippen LogP contribution in [0.1, 0.15) is 19.4 Å². The van der Waals surface area contributed by atoms with Gasteiger partial charge in [0.2, 0.25) is 5.91 Å². The minimum atomic E-state index is -1.08. The van der Waals surface area contributed by atoms with Crippen LogP contribution >= 0.6 is 0 Å². The van der Waals surface area contributed by atoms with Crippen molar-refractivity contribution in [2.45, 2.75) is 20.4 Å². The van der Waals surface area contributed by atoms with E-state index in [1.807, 2.05) is 0 Å². The molecule has 1 rings (SSSR count). The topological polar surface area (TPSA) is 79.3 Å². The number of hydrogen-bond donors (Lipinski definition) is 2. The van der Waals surface area contributed by atoms with Crippen LogP contribution in [-0.4, -0.2) is 22.0 Å². The molecule has 0 saturated heterocycles. The van der Waals surface area contributed by atoms with Gasteiger partial charge in [-0.05, 0) is 31.5 Å². The summed E-state index contributed by atoms with van der Waals surface area (Å²) in [5.74, 6) is -1.46. The Hall–Kier alpha value is -2.17. The maximum atomic E-state index is 11.6. The van der Waals surface area contributed by atoms with Crippen molar-refractivity contribution in [3.05, 3.63) is 41.2 Å². The maximum absolute atomic E-state index is 11.6. The van der Waals surface area contributed by atoms with E-state index in [0.717, 1.165) is 5.56 Å². The lowest BCUT2D eigenvalue weighted by molar-refractivity contribution is -0.133. The van der Waals surface area contributed by atoms with E-state index in [-0.39, 0.29) is 17.1 Å². The van der Waals surface area contributed by atoms with Gasteiger partial charge < -0.3 is 10.4 Å². The second-order valence-electron chi connectivity index (χ2n) is 3.59. The summed E-state index contributed by atoms with van der Waals surface area (Å²) < 4.78 is 0. The van der Waals surface area contributed by atoms with E-state index in [0.29, 0.717) is 6.54 Å². The van der Waals surface area contributed by atoms with Crippen molar-refractivity contribution in [2.75, 3.05) is 0 Å². The lowest BCUT2D eigenvalue weighted by Gasteiger charge is -2.06. The SMILES string of the molecule is C/C(C(=O)O)=C(\C)C(=O)NCc1ccncc1. The molecule has 0 aliphatic rings. The standard InChI is InChI=1S/C12H14N2O3/c1-8(9(2)12(16)17)11(15)14-7-10-3-5-13-6-4-10/h3-6H,7H2,1-2H3,(H,14,15)(H,16,17)/b9-8-. The molecule has 0 bridgehead atoms. The molecule has 1 heterocycles. The first-order valence-electron chi connectivity index (χ1n) is 5.10. The molecule has 0 fully saturated rings. The summed E-state index contributed by atoms with van der Waals surface area (Å²) in [6, 6.07) is 3.56. The number of hydrogen-bond acceptors (Lipinski definition) is 3. The van der Waals surface area contributed by atoms with Crippen molar-refractivity contribution in [3.63, 3.8) is 0 Å². The Kier molecular flexibility index (Phi) is 4.39. The molecule has 90 valence electrons. The maximum Gasteiger partial charge on any atom is 0.331 e. The third-order valence-corrected chi connectivity index (χ3v) is 2.43. The number of nitrogens with one attached hydrogen (secondary N) is 1. The molecule has 0 aromatic carbocycles. The van der Waals surface area contributed by atoms with Crippen LogP contribution in [0.5, 0.6) is 0 Å². The van der Waals surface area contributed by atoms with Crippen molar-refractivity contribution in [1.82, 2.24) is 10.3 Å². The minimum absolute atomic E-state index is 0.0530. The van der Waals surface area contributed by atoms with Crippen LogP contribution in [0.4, 0.5) is 0 Å². The van der Waals surface area contributed by atoms with E-state index < -0.39 is 5.97 Å². The van der Waals surface area contributed by atoms with Gasteiger partial charge in [0, 0.05) is 30.1 Å². The number of aromatic nitrogens is 1. The van der Waals surface area contributed by atoms with E-state index in [1.165, 1.54) is 13.8 Å². The quantitative estimate of drug-likeness (QED) is 0.765. The van der Waals surface area contributed by atoms with Gasteiger partial charge >= 0.3 is 5.97 Å². The number of amides is 1. The normalized spacial score (nSPS) is 11.6. The molecule has 1 amide bonds. The molecular weight excluding hydrogens is 220 g/mol. The van der Waals surface area contributed by atoms with Crippen LogP contribution < -0.4 is 5.32 Å². The molecule has 5 nitrogen and oxygen atoms in total. The van der Waals surface area contributed by atoms with Crippen LogP contribution in [0.15, 0.2) is 35.7 Å². The molecule has 1 aromatic heterocycles. The fourth-order valence-corrected chi connectivity index (χ4v) is 1.15. The number of rotatable bonds is 4. The molecule has 17 heavy (non-hydrogen) atoms. The number of carboxylic acid groups (broad SMARTS) is 1. The Bertz CT molecular complexity index is 452. The van der Waals surface area contributed by atoms with Crippen molar-refractivity contribution in [2.24, 2.45) is 0 Å². The first kappa shape index (κ1) is 12.9. The van der Waals surface area contributed by atoms with Gasteiger partial charge in [-0.25, -0.2) is 4.79 Å². The Balaban J connectivity index is 2.62. The molecule has 2 N–H and O–H groups in total. The van der Waals surface area contributed by atoms with Crippen LogP contribution in [-0.2, 0) is 16.1 Å². The molecule has 0 aliphatic heterocycles.